The molecule has 0 atom stereocenters. The van der Waals surface area contributed by atoms with E-state index >= 15 is 0 Å². The summed E-state index contributed by atoms with van der Waals surface area (Å²) in [6.45, 7) is 0. The number of hydrogen-bond acceptors (Lipinski definition) is 3. The van der Waals surface area contributed by atoms with E-state index in [1.165, 1.54) is 6.20 Å². The number of rotatable bonds is 1. The van der Waals surface area contributed by atoms with Gasteiger partial charge in [0, 0.05) is 6.07 Å². The molecular formula is C6H6FN3O. The lowest BCUT2D eigenvalue weighted by molar-refractivity contribution is 0.0991. The molecule has 1 rings (SSSR count). The van der Waals surface area contributed by atoms with Gasteiger partial charge in [-0.25, -0.2) is 9.37 Å². The Kier molecular flexibility index (Phi) is 1.72. The zero-order chi connectivity index (χ0) is 8.43. The van der Waals surface area contributed by atoms with Crippen LogP contribution in [0.3, 0.4) is 0 Å². The number of nitrogen functional groups attached to an aromatic ring is 1. The predicted octanol–water partition coefficient (Wildman–Crippen LogP) is -0.0982. The van der Waals surface area contributed by atoms with Crippen molar-refractivity contribution < 1.29 is 9.18 Å². The number of amides is 1. The normalized spacial score (nSPS) is 9.55. The summed E-state index contributed by atoms with van der Waals surface area (Å²) in [7, 11) is 0. The number of hydrogen-bond donors (Lipinski definition) is 2. The van der Waals surface area contributed by atoms with E-state index in [1.807, 2.05) is 0 Å². The zero-order valence-electron chi connectivity index (χ0n) is 5.54. The summed E-state index contributed by atoms with van der Waals surface area (Å²) in [6.07, 6.45) is 1.17. The lowest BCUT2D eigenvalue weighted by atomic mass is 10.3. The smallest absolute Gasteiger partial charge is 0.270 e. The van der Waals surface area contributed by atoms with E-state index in [1.54, 1.807) is 0 Å². The van der Waals surface area contributed by atoms with Crippen molar-refractivity contribution in [1.29, 1.82) is 0 Å². The van der Waals surface area contributed by atoms with E-state index in [0.717, 1.165) is 6.07 Å². The van der Waals surface area contributed by atoms with E-state index in [4.69, 9.17) is 11.5 Å². The van der Waals surface area contributed by atoms with Crippen molar-refractivity contribution in [2.45, 2.75) is 0 Å². The molecule has 11 heavy (non-hydrogen) atoms. The van der Waals surface area contributed by atoms with Crippen molar-refractivity contribution in [1.82, 2.24) is 4.98 Å². The van der Waals surface area contributed by atoms with E-state index in [2.05, 4.69) is 4.98 Å². The molecule has 0 radical (unpaired) electrons. The lowest BCUT2D eigenvalue weighted by Gasteiger charge is -1.96. The molecule has 0 saturated heterocycles. The SMILES string of the molecule is NC(=O)c1ncc(N)cc1F. The third kappa shape index (κ3) is 1.43. The Bertz CT molecular complexity index is 300. The first-order chi connectivity index (χ1) is 5.11. The number of nitrogens with two attached hydrogens (primary N) is 2. The summed E-state index contributed by atoms with van der Waals surface area (Å²) in [5, 5.41) is 0. The molecule has 58 valence electrons. The van der Waals surface area contributed by atoms with Gasteiger partial charge >= 0.3 is 0 Å². The zero-order valence-corrected chi connectivity index (χ0v) is 5.54. The van der Waals surface area contributed by atoms with Gasteiger partial charge in [-0.05, 0) is 0 Å². The molecule has 5 heteroatoms. The van der Waals surface area contributed by atoms with Crippen LogP contribution in [0.4, 0.5) is 10.1 Å². The topological polar surface area (TPSA) is 82.0 Å². The lowest BCUT2D eigenvalue weighted by Crippen LogP contribution is -2.15. The summed E-state index contributed by atoms with van der Waals surface area (Å²) in [5.74, 6) is -1.69. The first-order valence-electron chi connectivity index (χ1n) is 2.82. The summed E-state index contributed by atoms with van der Waals surface area (Å²) >= 11 is 0. The van der Waals surface area contributed by atoms with Crippen LogP contribution in [0.25, 0.3) is 0 Å². The number of aromatic nitrogens is 1. The van der Waals surface area contributed by atoms with Gasteiger partial charge in [0.2, 0.25) is 0 Å². The average molecular weight is 155 g/mol. The Balaban J connectivity index is 3.20. The van der Waals surface area contributed by atoms with Crippen molar-refractivity contribution in [2.24, 2.45) is 5.73 Å². The minimum absolute atomic E-state index is 0.160. The van der Waals surface area contributed by atoms with Gasteiger partial charge in [-0.2, -0.15) is 0 Å². The van der Waals surface area contributed by atoms with Gasteiger partial charge in [0.1, 0.15) is 0 Å². The summed E-state index contributed by atoms with van der Waals surface area (Å²) in [6, 6.07) is 0.993. The Morgan fingerprint density at radius 3 is 2.73 bits per heavy atom. The van der Waals surface area contributed by atoms with Gasteiger partial charge in [-0.15, -0.1) is 0 Å². The third-order valence-electron chi connectivity index (χ3n) is 1.10. The summed E-state index contributed by atoms with van der Waals surface area (Å²) < 4.78 is 12.7. The van der Waals surface area contributed by atoms with Crippen LogP contribution in [0, 0.1) is 5.82 Å². The van der Waals surface area contributed by atoms with Crippen LogP contribution in [-0.2, 0) is 0 Å². The fraction of sp³-hybridized carbons (Fsp3) is 0. The van der Waals surface area contributed by atoms with E-state index < -0.39 is 11.7 Å². The van der Waals surface area contributed by atoms with Crippen molar-refractivity contribution in [2.75, 3.05) is 5.73 Å². The molecule has 0 aliphatic carbocycles. The maximum Gasteiger partial charge on any atom is 0.270 e. The number of nitrogens with zero attached hydrogens (tertiary/aromatic N) is 1. The van der Waals surface area contributed by atoms with Gasteiger partial charge < -0.3 is 11.5 Å². The van der Waals surface area contributed by atoms with Crippen molar-refractivity contribution in [3.05, 3.63) is 23.8 Å². The van der Waals surface area contributed by atoms with Crippen molar-refractivity contribution >= 4 is 11.6 Å². The highest BCUT2D eigenvalue weighted by molar-refractivity contribution is 5.91. The standard InChI is InChI=1S/C6H6FN3O/c7-4-1-3(8)2-10-5(4)6(9)11/h1-2H,8H2,(H2,9,11). The van der Waals surface area contributed by atoms with Crippen LogP contribution in [-0.4, -0.2) is 10.9 Å². The first kappa shape index (κ1) is 7.46. The Hall–Kier alpha value is -1.65. The van der Waals surface area contributed by atoms with Gasteiger partial charge in [-0.1, -0.05) is 0 Å². The number of pyridine rings is 1. The quantitative estimate of drug-likeness (QED) is 0.594. The highest BCUT2D eigenvalue weighted by Gasteiger charge is 2.08. The molecule has 0 fully saturated rings. The van der Waals surface area contributed by atoms with Gasteiger partial charge in [0.25, 0.3) is 5.91 Å². The fourth-order valence-corrected chi connectivity index (χ4v) is 0.634. The number of anilines is 1. The largest absolute Gasteiger partial charge is 0.397 e. The van der Waals surface area contributed by atoms with Crippen molar-refractivity contribution in [3.8, 4) is 0 Å². The molecule has 0 bridgehead atoms. The Morgan fingerprint density at radius 2 is 2.27 bits per heavy atom. The van der Waals surface area contributed by atoms with Crippen molar-refractivity contribution in [3.63, 3.8) is 0 Å². The minimum Gasteiger partial charge on any atom is -0.397 e. The van der Waals surface area contributed by atoms with Crippen LogP contribution in [0.2, 0.25) is 0 Å². The maximum atomic E-state index is 12.7. The van der Waals surface area contributed by atoms with Crippen LogP contribution < -0.4 is 11.5 Å². The number of primary amides is 1. The second-order valence-electron chi connectivity index (χ2n) is 1.96. The average Bonchev–Trinajstić information content (AvgIpc) is 1.85. The second kappa shape index (κ2) is 2.53. The summed E-state index contributed by atoms with van der Waals surface area (Å²) in [5.41, 5.74) is 9.73. The molecule has 0 unspecified atom stereocenters. The number of carbonyl (C=O) groups is 1. The number of carbonyl (C=O) groups excluding carboxylic acids is 1. The molecule has 0 spiro atoms. The molecule has 0 aliphatic heterocycles. The fourth-order valence-electron chi connectivity index (χ4n) is 0.634. The van der Waals surface area contributed by atoms with Crippen LogP contribution >= 0.6 is 0 Å². The van der Waals surface area contributed by atoms with E-state index in [9.17, 15) is 9.18 Å². The molecule has 1 amide bonds. The molecule has 0 saturated carbocycles. The molecular weight excluding hydrogens is 149 g/mol. The molecule has 0 aliphatic rings. The van der Waals surface area contributed by atoms with E-state index in [-0.39, 0.29) is 11.4 Å². The van der Waals surface area contributed by atoms with Gasteiger partial charge in [0.05, 0.1) is 11.9 Å². The molecule has 0 aromatic carbocycles. The van der Waals surface area contributed by atoms with Gasteiger partial charge in [0.15, 0.2) is 11.5 Å². The Labute approximate surface area is 62.0 Å². The second-order valence-corrected chi connectivity index (χ2v) is 1.96. The molecule has 1 aromatic rings. The molecule has 1 aromatic heterocycles. The predicted molar refractivity (Wildman–Crippen MR) is 37.1 cm³/mol. The van der Waals surface area contributed by atoms with Crippen LogP contribution in [0.1, 0.15) is 10.5 Å². The maximum absolute atomic E-state index is 12.7. The third-order valence-corrected chi connectivity index (χ3v) is 1.10. The molecule has 4 nitrogen and oxygen atoms in total. The molecule has 4 N–H and O–H groups in total. The highest BCUT2D eigenvalue weighted by atomic mass is 19.1. The minimum atomic E-state index is -0.900. The molecule has 1 heterocycles. The highest BCUT2D eigenvalue weighted by Crippen LogP contribution is 2.06. The van der Waals surface area contributed by atoms with Crippen LogP contribution in [0.15, 0.2) is 12.3 Å². The Morgan fingerprint density at radius 1 is 1.64 bits per heavy atom. The first-order valence-corrected chi connectivity index (χ1v) is 2.82. The number of halogens is 1. The summed E-state index contributed by atoms with van der Waals surface area (Å²) in [4.78, 5) is 13.8. The van der Waals surface area contributed by atoms with Crippen LogP contribution in [0.5, 0.6) is 0 Å². The van der Waals surface area contributed by atoms with E-state index in [0.29, 0.717) is 0 Å². The monoisotopic (exact) mass is 155 g/mol. The van der Waals surface area contributed by atoms with Gasteiger partial charge in [-0.3, -0.25) is 4.79 Å².